The Kier molecular flexibility index (Phi) is 3.03. The Balaban J connectivity index is 1.75. The molecule has 80 valence electrons. The van der Waals surface area contributed by atoms with Crippen molar-refractivity contribution in [2.75, 3.05) is 13.1 Å². The summed E-state index contributed by atoms with van der Waals surface area (Å²) in [5, 5.41) is 15.3. The van der Waals surface area contributed by atoms with E-state index in [-0.39, 0.29) is 6.04 Å². The summed E-state index contributed by atoms with van der Waals surface area (Å²) >= 11 is 0. The van der Waals surface area contributed by atoms with Crippen molar-refractivity contribution in [2.24, 2.45) is 5.92 Å². The lowest BCUT2D eigenvalue weighted by Crippen LogP contribution is -2.29. The van der Waals surface area contributed by atoms with Crippen molar-refractivity contribution in [3.05, 3.63) is 0 Å². The number of rotatable bonds is 3. The second-order valence-electron chi connectivity index (χ2n) is 4.43. The van der Waals surface area contributed by atoms with E-state index < -0.39 is 5.97 Å². The van der Waals surface area contributed by atoms with Crippen LogP contribution in [0.1, 0.15) is 25.7 Å². The first-order valence-electron chi connectivity index (χ1n) is 5.45. The number of nitrogens with one attached hydrogen (secondary N) is 2. The molecule has 0 aromatic rings. The summed E-state index contributed by atoms with van der Waals surface area (Å²) in [5.41, 5.74) is 0. The minimum absolute atomic E-state index is 0.304. The number of carbonyl (C=O) groups is 1. The van der Waals surface area contributed by atoms with E-state index in [1.807, 2.05) is 0 Å². The zero-order chi connectivity index (χ0) is 9.97. The Morgan fingerprint density at radius 1 is 1.43 bits per heavy atom. The lowest BCUT2D eigenvalue weighted by Gasteiger charge is -2.14. The van der Waals surface area contributed by atoms with Crippen LogP contribution in [0.2, 0.25) is 0 Å². The fraction of sp³-hybridized carbons (Fsp3) is 0.900. The van der Waals surface area contributed by atoms with Gasteiger partial charge in [0.25, 0.3) is 0 Å². The molecule has 2 aliphatic rings. The largest absolute Gasteiger partial charge is 0.480 e. The summed E-state index contributed by atoms with van der Waals surface area (Å²) in [6.07, 6.45) is 4.46. The normalized spacial score (nSPS) is 37.6. The molecule has 0 radical (unpaired) electrons. The molecule has 2 fully saturated rings. The third kappa shape index (κ3) is 2.25. The molecule has 0 amide bonds. The number of hydrogen-bond donors (Lipinski definition) is 3. The third-order valence-electron chi connectivity index (χ3n) is 3.30. The summed E-state index contributed by atoms with van der Waals surface area (Å²) in [7, 11) is 0. The van der Waals surface area contributed by atoms with E-state index >= 15 is 0 Å². The fourth-order valence-corrected chi connectivity index (χ4v) is 2.54. The van der Waals surface area contributed by atoms with Crippen molar-refractivity contribution < 1.29 is 9.90 Å². The Hall–Kier alpha value is -0.610. The maximum atomic E-state index is 10.7. The zero-order valence-corrected chi connectivity index (χ0v) is 8.33. The van der Waals surface area contributed by atoms with Gasteiger partial charge in [0.15, 0.2) is 0 Å². The van der Waals surface area contributed by atoms with Crippen LogP contribution in [0.5, 0.6) is 0 Å². The molecule has 0 spiro atoms. The van der Waals surface area contributed by atoms with Gasteiger partial charge in [0.1, 0.15) is 6.04 Å². The Morgan fingerprint density at radius 3 is 2.86 bits per heavy atom. The molecule has 14 heavy (non-hydrogen) atoms. The summed E-state index contributed by atoms with van der Waals surface area (Å²) in [4.78, 5) is 10.7. The van der Waals surface area contributed by atoms with Gasteiger partial charge in [0.2, 0.25) is 0 Å². The summed E-state index contributed by atoms with van der Waals surface area (Å²) in [5.74, 6) is -0.154. The molecule has 3 atom stereocenters. The van der Waals surface area contributed by atoms with Gasteiger partial charge in [0.05, 0.1) is 0 Å². The highest BCUT2D eigenvalue weighted by atomic mass is 16.4. The van der Waals surface area contributed by atoms with Crippen LogP contribution in [0, 0.1) is 5.92 Å². The van der Waals surface area contributed by atoms with Crippen LogP contribution < -0.4 is 10.6 Å². The van der Waals surface area contributed by atoms with Crippen LogP contribution in [0.25, 0.3) is 0 Å². The van der Waals surface area contributed by atoms with E-state index in [0.717, 1.165) is 25.9 Å². The molecule has 2 saturated heterocycles. The molecular weight excluding hydrogens is 180 g/mol. The number of hydrogen-bond acceptors (Lipinski definition) is 3. The summed E-state index contributed by atoms with van der Waals surface area (Å²) in [6.45, 7) is 2.00. The van der Waals surface area contributed by atoms with Crippen molar-refractivity contribution >= 4 is 5.97 Å². The lowest BCUT2D eigenvalue weighted by molar-refractivity contribution is -0.139. The highest BCUT2D eigenvalue weighted by Crippen LogP contribution is 2.22. The van der Waals surface area contributed by atoms with E-state index in [9.17, 15) is 4.79 Å². The molecule has 0 bridgehead atoms. The highest BCUT2D eigenvalue weighted by molar-refractivity contribution is 5.73. The van der Waals surface area contributed by atoms with Gasteiger partial charge < -0.3 is 15.7 Å². The Bertz CT molecular complexity index is 214. The van der Waals surface area contributed by atoms with Gasteiger partial charge in [-0.25, -0.2) is 0 Å². The molecule has 0 aliphatic carbocycles. The molecule has 0 aromatic carbocycles. The van der Waals surface area contributed by atoms with Crippen molar-refractivity contribution in [3.8, 4) is 0 Å². The van der Waals surface area contributed by atoms with Crippen molar-refractivity contribution in [3.63, 3.8) is 0 Å². The van der Waals surface area contributed by atoms with E-state index in [4.69, 9.17) is 5.11 Å². The quantitative estimate of drug-likeness (QED) is 0.606. The first kappa shape index (κ1) is 9.93. The van der Waals surface area contributed by atoms with Gasteiger partial charge in [-0.05, 0) is 44.7 Å². The van der Waals surface area contributed by atoms with E-state index in [1.165, 1.54) is 12.8 Å². The predicted octanol–water partition coefficient (Wildman–Crippen LogP) is 0.191. The fourth-order valence-electron chi connectivity index (χ4n) is 2.54. The van der Waals surface area contributed by atoms with Crippen LogP contribution in [0.4, 0.5) is 0 Å². The Labute approximate surface area is 84.1 Å². The molecule has 0 saturated carbocycles. The summed E-state index contributed by atoms with van der Waals surface area (Å²) in [6, 6.07) is 0.329. The number of carboxylic acids is 1. The van der Waals surface area contributed by atoms with Crippen LogP contribution in [-0.2, 0) is 4.79 Å². The standard InChI is InChI=1S/C10H18N2O2/c13-10(14)9-5-7(6-12-9)4-8-2-1-3-11-8/h7-9,11-12H,1-6H2,(H,13,14). The van der Waals surface area contributed by atoms with Crippen molar-refractivity contribution in [1.82, 2.24) is 10.6 Å². The van der Waals surface area contributed by atoms with E-state index in [2.05, 4.69) is 10.6 Å². The molecule has 2 rings (SSSR count). The smallest absolute Gasteiger partial charge is 0.320 e. The van der Waals surface area contributed by atoms with Crippen LogP contribution in [0.15, 0.2) is 0 Å². The van der Waals surface area contributed by atoms with Gasteiger partial charge in [0, 0.05) is 6.04 Å². The zero-order valence-electron chi connectivity index (χ0n) is 8.33. The molecular formula is C10H18N2O2. The topological polar surface area (TPSA) is 61.4 Å². The second kappa shape index (κ2) is 4.28. The monoisotopic (exact) mass is 198 g/mol. The van der Waals surface area contributed by atoms with Crippen molar-refractivity contribution in [2.45, 2.75) is 37.8 Å². The average molecular weight is 198 g/mol. The SMILES string of the molecule is O=C(O)C1CC(CC2CCCN2)CN1. The summed E-state index contributed by atoms with van der Waals surface area (Å²) < 4.78 is 0. The first-order chi connectivity index (χ1) is 6.75. The van der Waals surface area contributed by atoms with Crippen LogP contribution >= 0.6 is 0 Å². The van der Waals surface area contributed by atoms with Crippen molar-refractivity contribution in [1.29, 1.82) is 0 Å². The van der Waals surface area contributed by atoms with Crippen LogP contribution in [-0.4, -0.2) is 36.2 Å². The highest BCUT2D eigenvalue weighted by Gasteiger charge is 2.31. The van der Waals surface area contributed by atoms with E-state index in [0.29, 0.717) is 12.0 Å². The molecule has 3 N–H and O–H groups in total. The third-order valence-corrected chi connectivity index (χ3v) is 3.30. The molecule has 4 nitrogen and oxygen atoms in total. The van der Waals surface area contributed by atoms with E-state index in [1.54, 1.807) is 0 Å². The van der Waals surface area contributed by atoms with Gasteiger partial charge in [-0.15, -0.1) is 0 Å². The molecule has 4 heteroatoms. The second-order valence-corrected chi connectivity index (χ2v) is 4.43. The maximum absolute atomic E-state index is 10.7. The van der Waals surface area contributed by atoms with Crippen LogP contribution in [0.3, 0.4) is 0 Å². The van der Waals surface area contributed by atoms with Gasteiger partial charge >= 0.3 is 5.97 Å². The first-order valence-corrected chi connectivity index (χ1v) is 5.45. The number of carboxylic acid groups (broad SMARTS) is 1. The van der Waals surface area contributed by atoms with Gasteiger partial charge in [-0.1, -0.05) is 0 Å². The van der Waals surface area contributed by atoms with Gasteiger partial charge in [-0.2, -0.15) is 0 Å². The minimum atomic E-state index is -0.702. The number of aliphatic carboxylic acids is 1. The average Bonchev–Trinajstić information content (AvgIpc) is 2.75. The molecule has 3 unspecified atom stereocenters. The maximum Gasteiger partial charge on any atom is 0.320 e. The lowest BCUT2D eigenvalue weighted by atomic mass is 9.96. The molecule has 2 heterocycles. The molecule has 0 aromatic heterocycles. The predicted molar refractivity (Wildman–Crippen MR) is 53.2 cm³/mol. The Morgan fingerprint density at radius 2 is 2.29 bits per heavy atom. The van der Waals surface area contributed by atoms with Gasteiger partial charge in [-0.3, -0.25) is 4.79 Å². The molecule has 2 aliphatic heterocycles. The minimum Gasteiger partial charge on any atom is -0.480 e.